The first-order valence-corrected chi connectivity index (χ1v) is 15.4. The Labute approximate surface area is 245 Å². The van der Waals surface area contributed by atoms with Gasteiger partial charge in [-0.15, -0.1) is 0 Å². The average Bonchev–Trinajstić information content (AvgIpc) is 3.28. The summed E-state index contributed by atoms with van der Waals surface area (Å²) in [6.45, 7) is 5.83. The highest BCUT2D eigenvalue weighted by atomic mass is 16.8. The normalized spacial score (nSPS) is 54.3. The number of cyclic esters (lactones) is 1. The Morgan fingerprint density at radius 1 is 0.881 bits per heavy atom. The molecular weight excluding hydrogens is 552 g/mol. The molecule has 6 aliphatic rings. The topological polar surface area (TPSA) is 185 Å². The largest absolute Gasteiger partial charge is 0.465 e. The van der Waals surface area contributed by atoms with Gasteiger partial charge >= 0.3 is 5.97 Å². The van der Waals surface area contributed by atoms with E-state index in [1.54, 1.807) is 0 Å². The van der Waals surface area contributed by atoms with Crippen molar-refractivity contribution < 1.29 is 59.1 Å². The van der Waals surface area contributed by atoms with Crippen molar-refractivity contribution in [3.63, 3.8) is 0 Å². The lowest BCUT2D eigenvalue weighted by molar-refractivity contribution is -0.369. The van der Waals surface area contributed by atoms with E-state index in [1.807, 2.05) is 0 Å². The van der Waals surface area contributed by atoms with Gasteiger partial charge in [0.2, 0.25) is 0 Å². The molecule has 6 N–H and O–H groups in total. The second-order valence-electron chi connectivity index (χ2n) is 13.8. The Balaban J connectivity index is 1.18. The fraction of sp³-hybridized carbons (Fsp3) is 0.900. The number of esters is 1. The van der Waals surface area contributed by atoms with Gasteiger partial charge in [0, 0.05) is 5.92 Å². The van der Waals surface area contributed by atoms with E-state index in [1.165, 1.54) is 12.5 Å². The molecule has 12 nitrogen and oxygen atoms in total. The van der Waals surface area contributed by atoms with Gasteiger partial charge in [0.25, 0.3) is 0 Å². The van der Waals surface area contributed by atoms with E-state index in [2.05, 4.69) is 19.9 Å². The van der Waals surface area contributed by atoms with Crippen molar-refractivity contribution in [2.24, 2.45) is 28.6 Å². The summed E-state index contributed by atoms with van der Waals surface area (Å²) in [5, 5.41) is 62.1. The summed E-state index contributed by atoms with van der Waals surface area (Å²) in [5.41, 5.74) is 0.876. The molecule has 16 atom stereocenters. The zero-order valence-corrected chi connectivity index (χ0v) is 24.4. The van der Waals surface area contributed by atoms with Crippen LogP contribution in [0, 0.1) is 28.6 Å². The highest BCUT2D eigenvalue weighted by Gasteiger charge is 2.60. The number of fused-ring (bicyclic) bond motifs is 5. The van der Waals surface area contributed by atoms with E-state index in [9.17, 15) is 35.4 Å². The second kappa shape index (κ2) is 11.3. The SMILES string of the molecule is C[C@@H]1O[C@@H](O[C@H]2[C@H](O[C@H]3CC[C@@]4(C)C(=CC[C@@H]5[C@@H]4CC[C@]4(C)C(=O)OC[C@@H]54)C3)O[C@H](CO)[C@@H](O)[C@@H]2O)[C@H](O)[C@H](O)[C@H]1O. The number of rotatable bonds is 5. The third kappa shape index (κ3) is 4.86. The maximum atomic E-state index is 12.5. The van der Waals surface area contributed by atoms with Crippen LogP contribution >= 0.6 is 0 Å². The monoisotopic (exact) mass is 598 g/mol. The molecule has 3 heterocycles. The predicted molar refractivity (Wildman–Crippen MR) is 143 cm³/mol. The first-order chi connectivity index (χ1) is 19.9. The van der Waals surface area contributed by atoms with Crippen LogP contribution in [0.3, 0.4) is 0 Å². The van der Waals surface area contributed by atoms with Crippen LogP contribution < -0.4 is 0 Å². The maximum Gasteiger partial charge on any atom is 0.312 e. The molecule has 3 saturated heterocycles. The number of carbonyl (C=O) groups is 1. The van der Waals surface area contributed by atoms with Crippen LogP contribution in [0.5, 0.6) is 0 Å². The van der Waals surface area contributed by atoms with Crippen molar-refractivity contribution in [2.75, 3.05) is 13.2 Å². The molecule has 0 amide bonds. The van der Waals surface area contributed by atoms with Crippen LogP contribution in [0.4, 0.5) is 0 Å². The van der Waals surface area contributed by atoms with Gasteiger partial charge in [-0.2, -0.15) is 0 Å². The van der Waals surface area contributed by atoms with Crippen LogP contribution in [0.25, 0.3) is 0 Å². The summed E-state index contributed by atoms with van der Waals surface area (Å²) in [4.78, 5) is 12.5. The van der Waals surface area contributed by atoms with E-state index in [-0.39, 0.29) is 23.4 Å². The number of hydrogen-bond donors (Lipinski definition) is 6. The van der Waals surface area contributed by atoms with Crippen LogP contribution in [0.1, 0.15) is 59.3 Å². The number of allylic oxidation sites excluding steroid dienone is 1. The van der Waals surface area contributed by atoms with E-state index in [0.29, 0.717) is 31.3 Å². The molecule has 42 heavy (non-hydrogen) atoms. The van der Waals surface area contributed by atoms with Crippen LogP contribution in [0.2, 0.25) is 0 Å². The maximum absolute atomic E-state index is 12.5. The summed E-state index contributed by atoms with van der Waals surface area (Å²) < 4.78 is 29.2. The molecule has 2 saturated carbocycles. The fourth-order valence-electron chi connectivity index (χ4n) is 8.74. The number of aliphatic hydroxyl groups is 6. The third-order valence-corrected chi connectivity index (χ3v) is 11.6. The van der Waals surface area contributed by atoms with Gasteiger partial charge in [-0.3, -0.25) is 4.79 Å². The predicted octanol–water partition coefficient (Wildman–Crippen LogP) is -0.251. The Morgan fingerprint density at radius 2 is 1.62 bits per heavy atom. The first kappa shape index (κ1) is 30.8. The lowest BCUT2D eigenvalue weighted by Gasteiger charge is -2.56. The molecule has 6 rings (SSSR count). The summed E-state index contributed by atoms with van der Waals surface area (Å²) in [7, 11) is 0. The zero-order chi connectivity index (χ0) is 30.1. The van der Waals surface area contributed by atoms with Crippen LogP contribution in [0.15, 0.2) is 11.6 Å². The molecular formula is C30H46O12. The Morgan fingerprint density at radius 3 is 2.36 bits per heavy atom. The minimum absolute atomic E-state index is 0.0322. The molecule has 12 heteroatoms. The average molecular weight is 599 g/mol. The standard InChI is InChI=1S/C30H46O12/c1-13-20(32)22(34)24(36)26(39-13)42-25-23(35)21(33)19(11-31)41-27(25)40-15-6-8-29(2)14(10-15)4-5-16-17(29)7-9-30(3)18(16)12-38-28(30)37/h4,13,15-27,31-36H,5-12H2,1-3H3/t13-,15-,16+,17-,18-,19+,20-,21+,22+,23-,24+,25+,26-,27+,29-,30-/m0/s1. The molecule has 0 radical (unpaired) electrons. The van der Waals surface area contributed by atoms with Crippen LogP contribution in [-0.4, -0.2) is 117 Å². The molecule has 5 fully saturated rings. The van der Waals surface area contributed by atoms with Gasteiger partial charge in [0.1, 0.15) is 42.7 Å². The highest BCUT2D eigenvalue weighted by Crippen LogP contribution is 2.62. The number of aliphatic hydroxyl groups excluding tert-OH is 6. The first-order valence-electron chi connectivity index (χ1n) is 15.4. The Kier molecular flexibility index (Phi) is 8.30. The molecule has 0 bridgehead atoms. The number of hydrogen-bond acceptors (Lipinski definition) is 12. The Bertz CT molecular complexity index is 1050. The number of ether oxygens (including phenoxy) is 5. The van der Waals surface area contributed by atoms with Crippen molar-refractivity contribution in [2.45, 2.75) is 127 Å². The fourth-order valence-corrected chi connectivity index (χ4v) is 8.74. The van der Waals surface area contributed by atoms with Gasteiger partial charge in [-0.25, -0.2) is 0 Å². The minimum Gasteiger partial charge on any atom is -0.465 e. The molecule has 238 valence electrons. The number of carbonyl (C=O) groups excluding carboxylic acids is 1. The van der Waals surface area contributed by atoms with Gasteiger partial charge < -0.3 is 54.3 Å². The molecule has 0 spiro atoms. The van der Waals surface area contributed by atoms with Gasteiger partial charge in [-0.1, -0.05) is 18.6 Å². The molecule has 0 aromatic heterocycles. The highest BCUT2D eigenvalue weighted by molar-refractivity contribution is 5.79. The summed E-state index contributed by atoms with van der Waals surface area (Å²) in [5.74, 6) is 0.995. The van der Waals surface area contributed by atoms with Crippen molar-refractivity contribution >= 4 is 5.97 Å². The quantitative estimate of drug-likeness (QED) is 0.180. The van der Waals surface area contributed by atoms with Crippen molar-refractivity contribution in [3.05, 3.63) is 11.6 Å². The smallest absolute Gasteiger partial charge is 0.312 e. The molecule has 3 aliphatic carbocycles. The summed E-state index contributed by atoms with van der Waals surface area (Å²) in [6.07, 6.45) is -6.59. The zero-order valence-electron chi connectivity index (χ0n) is 24.4. The second-order valence-corrected chi connectivity index (χ2v) is 13.8. The van der Waals surface area contributed by atoms with E-state index in [4.69, 9.17) is 23.7 Å². The molecule has 3 aliphatic heterocycles. The lowest BCUT2D eigenvalue weighted by atomic mass is 9.48. The third-order valence-electron chi connectivity index (χ3n) is 11.6. The van der Waals surface area contributed by atoms with Gasteiger partial charge in [-0.05, 0) is 69.6 Å². The summed E-state index contributed by atoms with van der Waals surface area (Å²) >= 11 is 0. The molecule has 0 aromatic carbocycles. The van der Waals surface area contributed by atoms with Crippen molar-refractivity contribution in [1.29, 1.82) is 0 Å². The van der Waals surface area contributed by atoms with Crippen molar-refractivity contribution in [3.8, 4) is 0 Å². The van der Waals surface area contributed by atoms with Crippen molar-refractivity contribution in [1.82, 2.24) is 0 Å². The van der Waals surface area contributed by atoms with E-state index in [0.717, 1.165) is 25.7 Å². The van der Waals surface area contributed by atoms with E-state index < -0.39 is 73.4 Å². The Hall–Kier alpha value is -1.19. The molecule has 0 unspecified atom stereocenters. The minimum atomic E-state index is -1.62. The lowest BCUT2D eigenvalue weighted by Crippen LogP contribution is -2.64. The van der Waals surface area contributed by atoms with Gasteiger partial charge in [0.05, 0.1) is 30.8 Å². The molecule has 0 aromatic rings. The van der Waals surface area contributed by atoms with Crippen LogP contribution in [-0.2, 0) is 28.5 Å². The summed E-state index contributed by atoms with van der Waals surface area (Å²) in [6, 6.07) is 0. The van der Waals surface area contributed by atoms with Gasteiger partial charge in [0.15, 0.2) is 12.6 Å². The van der Waals surface area contributed by atoms with E-state index >= 15 is 0 Å².